The highest BCUT2D eigenvalue weighted by atomic mass is 16.4. The lowest BCUT2D eigenvalue weighted by atomic mass is 9.93. The van der Waals surface area contributed by atoms with Gasteiger partial charge < -0.3 is 10.2 Å². The fraction of sp³-hybridized carbons (Fsp3) is 0.857. The van der Waals surface area contributed by atoms with E-state index >= 15 is 0 Å². The van der Waals surface area contributed by atoms with Crippen LogP contribution in [0, 0.1) is 11.8 Å². The molecule has 0 aliphatic heterocycles. The van der Waals surface area contributed by atoms with E-state index in [1.54, 1.807) is 6.92 Å². The van der Waals surface area contributed by atoms with Gasteiger partial charge in [-0.05, 0) is 19.3 Å². The predicted octanol–water partition coefficient (Wildman–Crippen LogP) is 3.55. The zero-order chi connectivity index (χ0) is 14.0. The van der Waals surface area contributed by atoms with Crippen LogP contribution in [0.3, 0.4) is 0 Å². The molecule has 0 bridgehead atoms. The maximum absolute atomic E-state index is 11.1. The molecular formula is C14H26O4. The Bertz CT molecular complexity index is 250. The van der Waals surface area contributed by atoms with Gasteiger partial charge in [0.25, 0.3) is 0 Å². The van der Waals surface area contributed by atoms with Gasteiger partial charge in [0.15, 0.2) is 0 Å². The highest BCUT2D eigenvalue weighted by Gasteiger charge is 2.18. The molecule has 0 aromatic carbocycles. The second-order valence-corrected chi connectivity index (χ2v) is 5.05. The first-order valence-corrected chi connectivity index (χ1v) is 6.94. The Hall–Kier alpha value is -1.06. The topological polar surface area (TPSA) is 74.6 Å². The number of carbonyl (C=O) groups is 2. The molecule has 4 heteroatoms. The van der Waals surface area contributed by atoms with Crippen molar-refractivity contribution in [2.45, 2.75) is 65.2 Å². The van der Waals surface area contributed by atoms with E-state index < -0.39 is 11.9 Å². The van der Waals surface area contributed by atoms with E-state index in [-0.39, 0.29) is 11.8 Å². The van der Waals surface area contributed by atoms with Crippen LogP contribution in [-0.4, -0.2) is 22.2 Å². The summed E-state index contributed by atoms with van der Waals surface area (Å²) in [5, 5.41) is 17.8. The molecule has 0 aromatic heterocycles. The van der Waals surface area contributed by atoms with Gasteiger partial charge in [-0.3, -0.25) is 9.59 Å². The van der Waals surface area contributed by atoms with E-state index in [0.717, 1.165) is 32.1 Å². The third-order valence-corrected chi connectivity index (χ3v) is 3.37. The maximum atomic E-state index is 11.1. The number of unbranched alkanes of at least 4 members (excludes halogenated alkanes) is 3. The lowest BCUT2D eigenvalue weighted by Crippen LogP contribution is -2.15. The van der Waals surface area contributed by atoms with Gasteiger partial charge in [0, 0.05) is 0 Å². The maximum Gasteiger partial charge on any atom is 0.306 e. The Labute approximate surface area is 109 Å². The van der Waals surface area contributed by atoms with Crippen molar-refractivity contribution in [1.82, 2.24) is 0 Å². The molecule has 0 aliphatic rings. The van der Waals surface area contributed by atoms with E-state index in [2.05, 4.69) is 6.92 Å². The van der Waals surface area contributed by atoms with Gasteiger partial charge in [0.05, 0.1) is 11.8 Å². The highest BCUT2D eigenvalue weighted by molar-refractivity contribution is 5.70. The molecule has 0 aliphatic carbocycles. The fourth-order valence-corrected chi connectivity index (χ4v) is 2.00. The first-order valence-electron chi connectivity index (χ1n) is 6.94. The molecule has 0 spiro atoms. The van der Waals surface area contributed by atoms with Crippen LogP contribution in [0.15, 0.2) is 0 Å². The van der Waals surface area contributed by atoms with Gasteiger partial charge in [-0.1, -0.05) is 46.0 Å². The monoisotopic (exact) mass is 258 g/mol. The molecule has 0 heterocycles. The Morgan fingerprint density at radius 1 is 0.889 bits per heavy atom. The van der Waals surface area contributed by atoms with Crippen LogP contribution in [0.4, 0.5) is 0 Å². The summed E-state index contributed by atoms with van der Waals surface area (Å²) in [4.78, 5) is 21.7. The summed E-state index contributed by atoms with van der Waals surface area (Å²) in [6, 6.07) is 0. The molecule has 2 unspecified atom stereocenters. The molecule has 4 nitrogen and oxygen atoms in total. The van der Waals surface area contributed by atoms with Crippen molar-refractivity contribution in [3.63, 3.8) is 0 Å². The summed E-state index contributed by atoms with van der Waals surface area (Å²) in [6.07, 6.45) is 6.91. The summed E-state index contributed by atoms with van der Waals surface area (Å²) < 4.78 is 0. The second-order valence-electron chi connectivity index (χ2n) is 5.05. The number of carboxylic acid groups (broad SMARTS) is 2. The number of hydrogen-bond donors (Lipinski definition) is 2. The zero-order valence-electron chi connectivity index (χ0n) is 11.5. The first-order chi connectivity index (χ1) is 8.49. The van der Waals surface area contributed by atoms with Crippen LogP contribution in [0.5, 0.6) is 0 Å². The molecular weight excluding hydrogens is 232 g/mol. The lowest BCUT2D eigenvalue weighted by molar-refractivity contribution is -0.142. The average molecular weight is 258 g/mol. The zero-order valence-corrected chi connectivity index (χ0v) is 11.5. The van der Waals surface area contributed by atoms with Crippen molar-refractivity contribution < 1.29 is 19.8 Å². The van der Waals surface area contributed by atoms with Crippen LogP contribution < -0.4 is 0 Å². The third-order valence-electron chi connectivity index (χ3n) is 3.37. The summed E-state index contributed by atoms with van der Waals surface area (Å²) in [7, 11) is 0. The van der Waals surface area contributed by atoms with E-state index in [0.29, 0.717) is 19.3 Å². The Balaban J connectivity index is 3.83. The molecule has 106 valence electrons. The van der Waals surface area contributed by atoms with Crippen molar-refractivity contribution in [1.29, 1.82) is 0 Å². The predicted molar refractivity (Wildman–Crippen MR) is 70.5 cm³/mol. The number of aliphatic carboxylic acids is 2. The van der Waals surface area contributed by atoms with E-state index in [1.165, 1.54) is 0 Å². The van der Waals surface area contributed by atoms with Gasteiger partial charge in [-0.15, -0.1) is 0 Å². The minimum Gasteiger partial charge on any atom is -0.481 e. The quantitative estimate of drug-likeness (QED) is 0.556. The van der Waals surface area contributed by atoms with E-state index in [1.807, 2.05) is 0 Å². The van der Waals surface area contributed by atoms with Gasteiger partial charge >= 0.3 is 11.9 Å². The Morgan fingerprint density at radius 2 is 1.50 bits per heavy atom. The summed E-state index contributed by atoms with van der Waals surface area (Å²) in [5.74, 6) is -2.22. The molecule has 0 fully saturated rings. The molecule has 2 N–H and O–H groups in total. The smallest absolute Gasteiger partial charge is 0.306 e. The van der Waals surface area contributed by atoms with Crippen LogP contribution in [0.25, 0.3) is 0 Å². The van der Waals surface area contributed by atoms with Crippen molar-refractivity contribution in [3.05, 3.63) is 0 Å². The summed E-state index contributed by atoms with van der Waals surface area (Å²) >= 11 is 0. The Morgan fingerprint density at radius 3 is 2.00 bits per heavy atom. The molecule has 0 radical (unpaired) electrons. The second kappa shape index (κ2) is 9.92. The SMILES string of the molecule is CCCCCCC(CCCC(C)C(=O)O)C(=O)O. The molecule has 0 amide bonds. The lowest BCUT2D eigenvalue weighted by Gasteiger charge is -2.13. The van der Waals surface area contributed by atoms with Crippen molar-refractivity contribution in [2.24, 2.45) is 11.8 Å². The summed E-state index contributed by atoms with van der Waals surface area (Å²) in [6.45, 7) is 3.79. The molecule has 18 heavy (non-hydrogen) atoms. The van der Waals surface area contributed by atoms with Gasteiger partial charge in [-0.25, -0.2) is 0 Å². The number of carboxylic acids is 2. The fourth-order valence-electron chi connectivity index (χ4n) is 2.00. The van der Waals surface area contributed by atoms with Gasteiger partial charge in [0.2, 0.25) is 0 Å². The first kappa shape index (κ1) is 16.9. The molecule has 2 atom stereocenters. The van der Waals surface area contributed by atoms with E-state index in [9.17, 15) is 9.59 Å². The number of rotatable bonds is 11. The van der Waals surface area contributed by atoms with Crippen LogP contribution >= 0.6 is 0 Å². The van der Waals surface area contributed by atoms with Gasteiger partial charge in [0.1, 0.15) is 0 Å². The van der Waals surface area contributed by atoms with Crippen LogP contribution in [0.1, 0.15) is 65.2 Å². The Kier molecular flexibility index (Phi) is 9.33. The molecule has 0 rings (SSSR count). The molecule has 0 saturated carbocycles. The minimum absolute atomic E-state index is 0.303. The van der Waals surface area contributed by atoms with Crippen molar-refractivity contribution in [2.75, 3.05) is 0 Å². The largest absolute Gasteiger partial charge is 0.481 e. The van der Waals surface area contributed by atoms with E-state index in [4.69, 9.17) is 10.2 Å². The standard InChI is InChI=1S/C14H26O4/c1-3-4-5-6-9-12(14(17)18)10-7-8-11(2)13(15)16/h11-12H,3-10H2,1-2H3,(H,15,16)(H,17,18). The highest BCUT2D eigenvalue weighted by Crippen LogP contribution is 2.19. The van der Waals surface area contributed by atoms with Crippen molar-refractivity contribution >= 4 is 11.9 Å². The van der Waals surface area contributed by atoms with Crippen LogP contribution in [0.2, 0.25) is 0 Å². The average Bonchev–Trinajstić information content (AvgIpc) is 2.31. The van der Waals surface area contributed by atoms with Crippen LogP contribution in [-0.2, 0) is 9.59 Å². The normalized spacial score (nSPS) is 14.1. The molecule has 0 saturated heterocycles. The van der Waals surface area contributed by atoms with Gasteiger partial charge in [-0.2, -0.15) is 0 Å². The minimum atomic E-state index is -0.801. The van der Waals surface area contributed by atoms with Crippen molar-refractivity contribution in [3.8, 4) is 0 Å². The number of hydrogen-bond acceptors (Lipinski definition) is 2. The molecule has 0 aromatic rings. The third kappa shape index (κ3) is 8.09. The summed E-state index contributed by atoms with van der Waals surface area (Å²) in [5.41, 5.74) is 0.